The number of esters is 1. The number of piperidine rings is 1. The number of halogens is 4. The number of nitrogens with one attached hydrogen (secondary N) is 2. The summed E-state index contributed by atoms with van der Waals surface area (Å²) in [5.41, 5.74) is 2.00. The second-order valence-corrected chi connectivity index (χ2v) is 14.1. The van der Waals surface area contributed by atoms with Crippen molar-refractivity contribution in [3.05, 3.63) is 65.6 Å². The molecule has 0 saturated carbocycles. The fourth-order valence-corrected chi connectivity index (χ4v) is 7.47. The minimum Gasteiger partial charge on any atom is -0.475 e. The van der Waals surface area contributed by atoms with Crippen molar-refractivity contribution in [2.45, 2.75) is 50.7 Å². The molecule has 2 aliphatic heterocycles. The maximum absolute atomic E-state index is 14.4. The lowest BCUT2D eigenvalue weighted by molar-refractivity contribution is -0.192. The Hall–Kier alpha value is -4.67. The number of methoxy groups -OCH3 is 1. The molecule has 1 saturated heterocycles. The van der Waals surface area contributed by atoms with Crippen molar-refractivity contribution >= 4 is 50.4 Å². The quantitative estimate of drug-likeness (QED) is 0.236. The Bertz CT molecular complexity index is 1840. The van der Waals surface area contributed by atoms with Crippen LogP contribution >= 0.6 is 0 Å². The van der Waals surface area contributed by atoms with Gasteiger partial charge in [-0.05, 0) is 48.2 Å². The molecule has 0 bridgehead atoms. The lowest BCUT2D eigenvalue weighted by Gasteiger charge is -2.41. The zero-order chi connectivity index (χ0) is 36.3. The number of likely N-dealkylation sites (tertiary alicyclic amines) is 1. The Morgan fingerprint density at radius 2 is 1.71 bits per heavy atom. The molecule has 1 fully saturated rings. The van der Waals surface area contributed by atoms with Crippen molar-refractivity contribution < 1.29 is 55.0 Å². The number of para-hydroxylation sites is 1. The van der Waals surface area contributed by atoms with E-state index in [0.29, 0.717) is 43.6 Å². The molecule has 0 radical (unpaired) electrons. The van der Waals surface area contributed by atoms with Crippen LogP contribution in [0.15, 0.2) is 48.7 Å². The molecule has 3 aromatic rings. The van der Waals surface area contributed by atoms with Gasteiger partial charge in [-0.1, -0.05) is 32.0 Å². The molecule has 12 nitrogen and oxygen atoms in total. The van der Waals surface area contributed by atoms with Crippen LogP contribution in [-0.2, 0) is 45.8 Å². The number of carbonyl (C=O) groups is 4. The third-order valence-electron chi connectivity index (χ3n) is 8.62. The topological polar surface area (TPSA) is 166 Å². The third kappa shape index (κ3) is 8.32. The van der Waals surface area contributed by atoms with Crippen molar-refractivity contribution in [1.29, 1.82) is 0 Å². The number of hydrogen-bond donors (Lipinski definition) is 3. The van der Waals surface area contributed by atoms with Crippen LogP contribution in [0.4, 0.5) is 23.2 Å². The summed E-state index contributed by atoms with van der Waals surface area (Å²) in [6.07, 6.45) is -2.16. The number of rotatable bonds is 8. The lowest BCUT2D eigenvalue weighted by Crippen LogP contribution is -2.55. The van der Waals surface area contributed by atoms with E-state index in [4.69, 9.17) is 9.90 Å². The first kappa shape index (κ1) is 37.2. The van der Waals surface area contributed by atoms with Gasteiger partial charge in [0.2, 0.25) is 21.8 Å². The van der Waals surface area contributed by atoms with E-state index in [2.05, 4.69) is 15.0 Å². The molecule has 266 valence electrons. The highest BCUT2D eigenvalue weighted by atomic mass is 32.2. The molecule has 0 aliphatic carbocycles. The number of fused-ring (bicyclic) bond motifs is 3. The van der Waals surface area contributed by atoms with Crippen LogP contribution in [-0.4, -0.2) is 91.9 Å². The van der Waals surface area contributed by atoms with Gasteiger partial charge in [-0.15, -0.1) is 0 Å². The van der Waals surface area contributed by atoms with E-state index in [1.807, 2.05) is 30.5 Å². The van der Waals surface area contributed by atoms with Gasteiger partial charge in [-0.3, -0.25) is 18.7 Å². The number of nitrogens with zero attached hydrogens (tertiary/aromatic N) is 2. The standard InChI is InChI=1S/C30H35FN4O6S.C2HF3O2/c1-19(2)28(37)33-25(14-20-16-32-24-7-5-4-6-22(20)24)29(38)34-12-10-30(11-13-34)18-35(42(39,40)17-27(36)41-3)26-9-8-21(31)15-23(26)30;3-2(4,5)1(6)7/h4-9,15-16,19,25,32H,10-14,17-18H2,1-3H3,(H,33,37);(H,6,7)/t25-;/m1./s1. The number of H-pyrrole nitrogens is 1. The molecular weight excluding hydrogens is 676 g/mol. The van der Waals surface area contributed by atoms with Gasteiger partial charge < -0.3 is 25.0 Å². The fourth-order valence-electron chi connectivity index (χ4n) is 5.99. The molecule has 2 aliphatic rings. The summed E-state index contributed by atoms with van der Waals surface area (Å²) in [7, 11) is -2.96. The Kier molecular flexibility index (Phi) is 10.9. The van der Waals surface area contributed by atoms with Crippen LogP contribution in [0, 0.1) is 11.7 Å². The van der Waals surface area contributed by atoms with E-state index in [-0.39, 0.29) is 24.3 Å². The molecule has 3 heterocycles. The number of carboxylic acid groups (broad SMARTS) is 1. The van der Waals surface area contributed by atoms with Crippen LogP contribution in [0.5, 0.6) is 0 Å². The van der Waals surface area contributed by atoms with E-state index in [1.54, 1.807) is 18.7 Å². The average Bonchev–Trinajstić information content (AvgIpc) is 3.59. The van der Waals surface area contributed by atoms with E-state index < -0.39 is 51.2 Å². The van der Waals surface area contributed by atoms with E-state index in [1.165, 1.54) is 22.5 Å². The summed E-state index contributed by atoms with van der Waals surface area (Å²) in [6.45, 7) is 4.16. The zero-order valence-electron chi connectivity index (χ0n) is 26.8. The minimum atomic E-state index is -5.08. The number of sulfonamides is 1. The monoisotopic (exact) mass is 712 g/mol. The Balaban J connectivity index is 0.000000698. The second-order valence-electron chi connectivity index (χ2n) is 12.2. The smallest absolute Gasteiger partial charge is 0.475 e. The molecular formula is C32H36F4N4O8S. The number of aliphatic carboxylic acids is 1. The number of aromatic nitrogens is 1. The SMILES string of the molecule is COC(=O)CS(=O)(=O)N1CC2(CCN(C(=O)[C@@H](Cc3c[nH]c4ccccc34)NC(=O)C(C)C)CC2)c2cc(F)ccc21.O=C(O)C(F)(F)F. The van der Waals surface area contributed by atoms with Crippen LogP contribution in [0.25, 0.3) is 10.9 Å². The van der Waals surface area contributed by atoms with Gasteiger partial charge in [0.25, 0.3) is 0 Å². The first-order valence-corrected chi connectivity index (χ1v) is 16.8. The molecule has 49 heavy (non-hydrogen) atoms. The van der Waals surface area contributed by atoms with E-state index in [0.717, 1.165) is 23.6 Å². The maximum atomic E-state index is 14.4. The van der Waals surface area contributed by atoms with Crippen LogP contribution in [0.1, 0.15) is 37.8 Å². The molecule has 5 rings (SSSR count). The van der Waals surface area contributed by atoms with Crippen molar-refractivity contribution in [2.24, 2.45) is 5.92 Å². The predicted molar refractivity (Wildman–Crippen MR) is 170 cm³/mol. The van der Waals surface area contributed by atoms with Crippen LogP contribution in [0.3, 0.4) is 0 Å². The number of aromatic amines is 1. The highest BCUT2D eigenvalue weighted by Crippen LogP contribution is 2.48. The number of carboxylic acids is 1. The predicted octanol–water partition coefficient (Wildman–Crippen LogP) is 3.51. The van der Waals surface area contributed by atoms with Crippen molar-refractivity contribution in [3.8, 4) is 0 Å². The highest BCUT2D eigenvalue weighted by Gasteiger charge is 2.49. The molecule has 1 atom stereocenters. The number of ether oxygens (including phenoxy) is 1. The Morgan fingerprint density at radius 1 is 1.08 bits per heavy atom. The summed E-state index contributed by atoms with van der Waals surface area (Å²) in [4.78, 5) is 52.2. The van der Waals surface area contributed by atoms with E-state index in [9.17, 15) is 40.4 Å². The molecule has 1 spiro atoms. The molecule has 3 N–H and O–H groups in total. The first-order valence-electron chi connectivity index (χ1n) is 15.2. The summed E-state index contributed by atoms with van der Waals surface area (Å²) >= 11 is 0. The van der Waals surface area contributed by atoms with Gasteiger partial charge in [0, 0.05) is 54.5 Å². The van der Waals surface area contributed by atoms with Gasteiger partial charge in [0.1, 0.15) is 11.9 Å². The Labute approximate surface area is 279 Å². The number of carbonyl (C=O) groups excluding carboxylic acids is 3. The molecule has 2 aromatic carbocycles. The van der Waals surface area contributed by atoms with Gasteiger partial charge >= 0.3 is 18.1 Å². The van der Waals surface area contributed by atoms with Crippen LogP contribution in [0.2, 0.25) is 0 Å². The summed E-state index contributed by atoms with van der Waals surface area (Å²) in [6, 6.07) is 10.9. The zero-order valence-corrected chi connectivity index (χ0v) is 27.7. The molecule has 1 aromatic heterocycles. The van der Waals surface area contributed by atoms with Crippen molar-refractivity contribution in [1.82, 2.24) is 15.2 Å². The third-order valence-corrected chi connectivity index (χ3v) is 10.2. The summed E-state index contributed by atoms with van der Waals surface area (Å²) in [5.74, 6) is -5.72. The Morgan fingerprint density at radius 3 is 2.31 bits per heavy atom. The summed E-state index contributed by atoms with van der Waals surface area (Å²) in [5, 5.41) is 11.0. The summed E-state index contributed by atoms with van der Waals surface area (Å²) < 4.78 is 78.2. The molecule has 17 heteroatoms. The van der Waals surface area contributed by atoms with Gasteiger partial charge in [0.15, 0.2) is 5.75 Å². The number of alkyl halides is 3. The average molecular weight is 713 g/mol. The minimum absolute atomic E-state index is 0.0377. The van der Waals surface area contributed by atoms with Gasteiger partial charge in [-0.2, -0.15) is 13.2 Å². The van der Waals surface area contributed by atoms with Crippen molar-refractivity contribution in [2.75, 3.05) is 36.8 Å². The van der Waals surface area contributed by atoms with Crippen molar-refractivity contribution in [3.63, 3.8) is 0 Å². The van der Waals surface area contributed by atoms with Gasteiger partial charge in [0.05, 0.1) is 12.8 Å². The van der Waals surface area contributed by atoms with E-state index >= 15 is 0 Å². The first-order chi connectivity index (χ1) is 22.9. The maximum Gasteiger partial charge on any atom is 0.490 e. The fraction of sp³-hybridized carbons (Fsp3) is 0.438. The number of benzene rings is 2. The number of hydrogen-bond acceptors (Lipinski definition) is 7. The van der Waals surface area contributed by atoms with Crippen LogP contribution < -0.4 is 9.62 Å². The molecule has 0 unspecified atom stereocenters. The molecule has 2 amide bonds. The highest BCUT2D eigenvalue weighted by molar-refractivity contribution is 7.93. The largest absolute Gasteiger partial charge is 0.490 e. The van der Waals surface area contributed by atoms with Gasteiger partial charge in [-0.25, -0.2) is 17.6 Å². The second kappa shape index (κ2) is 14.4. The lowest BCUT2D eigenvalue weighted by atomic mass is 9.74. The normalized spacial score (nSPS) is 16.2. The number of amides is 2. The number of anilines is 1.